The van der Waals surface area contributed by atoms with Gasteiger partial charge in [0.1, 0.15) is 4.21 Å². The van der Waals surface area contributed by atoms with Crippen molar-refractivity contribution in [3.8, 4) is 0 Å². The van der Waals surface area contributed by atoms with Gasteiger partial charge in [-0.25, -0.2) is 13.1 Å². The van der Waals surface area contributed by atoms with Crippen LogP contribution in [0.4, 0.5) is 0 Å². The number of nitrogens with one attached hydrogen (secondary N) is 2. The molecule has 1 unspecified atom stereocenters. The fraction of sp³-hybridized carbons (Fsp3) is 0.636. The maximum Gasteiger partial charge on any atom is 0.250 e. The normalized spacial score (nSPS) is 24.6. The number of thiophene rings is 1. The molecule has 0 radical (unpaired) electrons. The second kappa shape index (κ2) is 5.26. The van der Waals surface area contributed by atoms with Crippen LogP contribution >= 0.6 is 11.3 Å². The molecule has 2 heterocycles. The highest BCUT2D eigenvalue weighted by Gasteiger charge is 2.35. The van der Waals surface area contributed by atoms with Gasteiger partial charge in [0.2, 0.25) is 0 Å². The van der Waals surface area contributed by atoms with Crippen LogP contribution < -0.4 is 10.0 Å². The third-order valence-corrected chi connectivity index (χ3v) is 6.00. The molecule has 2 N–H and O–H groups in total. The van der Waals surface area contributed by atoms with Gasteiger partial charge < -0.3 is 10.1 Å². The van der Waals surface area contributed by atoms with Gasteiger partial charge in [-0.2, -0.15) is 0 Å². The number of ether oxygens (including phenoxy) is 1. The summed E-state index contributed by atoms with van der Waals surface area (Å²) in [6.45, 7) is 3.58. The van der Waals surface area contributed by atoms with E-state index in [9.17, 15) is 8.42 Å². The van der Waals surface area contributed by atoms with E-state index in [-0.39, 0.29) is 0 Å². The Morgan fingerprint density at radius 1 is 1.56 bits per heavy atom. The van der Waals surface area contributed by atoms with E-state index >= 15 is 0 Å². The van der Waals surface area contributed by atoms with Crippen molar-refractivity contribution in [2.75, 3.05) is 20.3 Å². The smallest absolute Gasteiger partial charge is 0.250 e. The molecule has 1 saturated heterocycles. The molecular weight excluding hydrogens is 272 g/mol. The minimum absolute atomic E-state index is 0.362. The van der Waals surface area contributed by atoms with Crippen LogP contribution in [0, 0.1) is 0 Å². The fourth-order valence-corrected chi connectivity index (χ4v) is 4.54. The van der Waals surface area contributed by atoms with Gasteiger partial charge in [0.05, 0.1) is 12.1 Å². The molecule has 1 fully saturated rings. The van der Waals surface area contributed by atoms with Crippen LogP contribution in [0.3, 0.4) is 0 Å². The molecule has 0 amide bonds. The third kappa shape index (κ3) is 3.10. The molecule has 1 aliphatic heterocycles. The van der Waals surface area contributed by atoms with Gasteiger partial charge in [-0.3, -0.25) is 0 Å². The molecule has 0 spiro atoms. The van der Waals surface area contributed by atoms with Gasteiger partial charge in [0.15, 0.2) is 0 Å². The van der Waals surface area contributed by atoms with Gasteiger partial charge in [-0.15, -0.1) is 11.3 Å². The first kappa shape index (κ1) is 14.0. The molecule has 102 valence electrons. The lowest BCUT2D eigenvalue weighted by Crippen LogP contribution is -2.46. The molecule has 18 heavy (non-hydrogen) atoms. The van der Waals surface area contributed by atoms with Crippen LogP contribution in [-0.2, 0) is 21.3 Å². The Balaban J connectivity index is 2.14. The van der Waals surface area contributed by atoms with E-state index in [4.69, 9.17) is 4.74 Å². The zero-order valence-electron chi connectivity index (χ0n) is 10.5. The van der Waals surface area contributed by atoms with Crippen molar-refractivity contribution in [2.24, 2.45) is 0 Å². The molecule has 0 aromatic carbocycles. The van der Waals surface area contributed by atoms with Crippen molar-refractivity contribution < 1.29 is 13.2 Å². The predicted molar refractivity (Wildman–Crippen MR) is 71.2 cm³/mol. The molecule has 7 heteroatoms. The molecule has 1 aromatic heterocycles. The highest BCUT2D eigenvalue weighted by molar-refractivity contribution is 7.91. The number of sulfonamides is 1. The molecule has 1 aliphatic rings. The minimum Gasteiger partial charge on any atom is -0.379 e. The second-order valence-electron chi connectivity index (χ2n) is 4.77. The highest BCUT2D eigenvalue weighted by Crippen LogP contribution is 2.25. The van der Waals surface area contributed by atoms with Crippen molar-refractivity contribution >= 4 is 21.4 Å². The Hall–Kier alpha value is -0.470. The van der Waals surface area contributed by atoms with Crippen molar-refractivity contribution in [3.05, 3.63) is 17.0 Å². The average molecular weight is 290 g/mol. The molecule has 1 atom stereocenters. The van der Waals surface area contributed by atoms with Crippen molar-refractivity contribution in [3.63, 3.8) is 0 Å². The zero-order chi connectivity index (χ0) is 13.2. The Labute approximate surface area is 112 Å². The lowest BCUT2D eigenvalue weighted by Gasteiger charge is -2.22. The Bertz CT molecular complexity index is 504. The summed E-state index contributed by atoms with van der Waals surface area (Å²) in [5.74, 6) is 0. The molecule has 2 rings (SSSR count). The Kier molecular flexibility index (Phi) is 4.08. The van der Waals surface area contributed by atoms with Gasteiger partial charge >= 0.3 is 0 Å². The first-order valence-corrected chi connectivity index (χ1v) is 8.15. The zero-order valence-corrected chi connectivity index (χ0v) is 12.2. The summed E-state index contributed by atoms with van der Waals surface area (Å²) in [5.41, 5.74) is 0.502. The van der Waals surface area contributed by atoms with E-state index in [1.807, 2.05) is 19.4 Å². The Morgan fingerprint density at radius 2 is 2.33 bits per heavy atom. The van der Waals surface area contributed by atoms with Crippen LogP contribution in [-0.4, -0.2) is 34.2 Å². The van der Waals surface area contributed by atoms with Crippen LogP contribution in [0.1, 0.15) is 18.9 Å². The average Bonchev–Trinajstić information content (AvgIpc) is 2.87. The van der Waals surface area contributed by atoms with Crippen molar-refractivity contribution in [2.45, 2.75) is 29.6 Å². The van der Waals surface area contributed by atoms with E-state index in [1.54, 1.807) is 6.07 Å². The van der Waals surface area contributed by atoms with Crippen molar-refractivity contribution in [1.82, 2.24) is 10.0 Å². The SMILES string of the molecule is CNCc1csc(S(=O)(=O)NC2(C)CCOC2)c1. The van der Waals surface area contributed by atoms with E-state index in [1.165, 1.54) is 11.3 Å². The lowest BCUT2D eigenvalue weighted by molar-refractivity contribution is 0.178. The number of rotatable bonds is 5. The molecular formula is C11H18N2O3S2. The summed E-state index contributed by atoms with van der Waals surface area (Å²) in [7, 11) is -1.60. The molecule has 0 aliphatic carbocycles. The van der Waals surface area contributed by atoms with Crippen molar-refractivity contribution in [1.29, 1.82) is 0 Å². The molecule has 5 nitrogen and oxygen atoms in total. The highest BCUT2D eigenvalue weighted by atomic mass is 32.2. The van der Waals surface area contributed by atoms with Crippen LogP contribution in [0.2, 0.25) is 0 Å². The van der Waals surface area contributed by atoms with Gasteiger partial charge in [-0.1, -0.05) is 0 Å². The van der Waals surface area contributed by atoms with Crippen LogP contribution in [0.5, 0.6) is 0 Å². The van der Waals surface area contributed by atoms with E-state index in [0.29, 0.717) is 30.4 Å². The summed E-state index contributed by atoms with van der Waals surface area (Å²) in [6, 6.07) is 1.71. The van der Waals surface area contributed by atoms with E-state index in [0.717, 1.165) is 5.56 Å². The summed E-state index contributed by atoms with van der Waals surface area (Å²) in [5, 5.41) is 4.86. The summed E-state index contributed by atoms with van der Waals surface area (Å²) in [6.07, 6.45) is 0.709. The predicted octanol–water partition coefficient (Wildman–Crippen LogP) is 0.925. The number of hydrogen-bond donors (Lipinski definition) is 2. The van der Waals surface area contributed by atoms with E-state index < -0.39 is 15.6 Å². The summed E-state index contributed by atoms with van der Waals surface area (Å²) in [4.78, 5) is 0. The first-order valence-electron chi connectivity index (χ1n) is 5.79. The second-order valence-corrected chi connectivity index (χ2v) is 7.59. The summed E-state index contributed by atoms with van der Waals surface area (Å²) >= 11 is 1.25. The lowest BCUT2D eigenvalue weighted by atomic mass is 10.0. The van der Waals surface area contributed by atoms with E-state index in [2.05, 4.69) is 10.0 Å². The largest absolute Gasteiger partial charge is 0.379 e. The fourth-order valence-electron chi connectivity index (χ4n) is 1.91. The summed E-state index contributed by atoms with van der Waals surface area (Å²) < 4.78 is 32.8. The minimum atomic E-state index is -3.44. The molecule has 1 aromatic rings. The maximum absolute atomic E-state index is 12.2. The Morgan fingerprint density at radius 3 is 2.94 bits per heavy atom. The van der Waals surface area contributed by atoms with Gasteiger partial charge in [0.25, 0.3) is 10.0 Å². The van der Waals surface area contributed by atoms with Crippen LogP contribution in [0.15, 0.2) is 15.7 Å². The quantitative estimate of drug-likeness (QED) is 0.846. The molecule has 0 bridgehead atoms. The number of hydrogen-bond acceptors (Lipinski definition) is 5. The van der Waals surface area contributed by atoms with Gasteiger partial charge in [-0.05, 0) is 37.4 Å². The van der Waals surface area contributed by atoms with Gasteiger partial charge in [0, 0.05) is 13.2 Å². The monoisotopic (exact) mass is 290 g/mol. The van der Waals surface area contributed by atoms with Crippen LogP contribution in [0.25, 0.3) is 0 Å². The first-order chi connectivity index (χ1) is 8.45. The third-order valence-electron chi connectivity index (χ3n) is 2.88. The molecule has 0 saturated carbocycles. The maximum atomic E-state index is 12.2. The standard InChI is InChI=1S/C11H18N2O3S2/c1-11(3-4-16-8-11)13-18(14,15)10-5-9(6-12-2)7-17-10/h5,7,12-13H,3-4,6,8H2,1-2H3. The topological polar surface area (TPSA) is 67.4 Å².